The van der Waals surface area contributed by atoms with Crippen molar-refractivity contribution < 1.29 is 4.79 Å². The van der Waals surface area contributed by atoms with Gasteiger partial charge in [0, 0.05) is 12.6 Å². The van der Waals surface area contributed by atoms with Crippen molar-refractivity contribution in [3.8, 4) is 0 Å². The lowest BCUT2D eigenvalue weighted by Crippen LogP contribution is -2.43. The first kappa shape index (κ1) is 14.4. The van der Waals surface area contributed by atoms with Crippen LogP contribution in [0.2, 0.25) is 0 Å². The number of nitrogens with one attached hydrogen (secondary N) is 1. The molecule has 5 heteroatoms. The summed E-state index contributed by atoms with van der Waals surface area (Å²) in [6.45, 7) is 3.87. The van der Waals surface area contributed by atoms with E-state index >= 15 is 0 Å². The Kier molecular flexibility index (Phi) is 6.44. The van der Waals surface area contributed by atoms with E-state index in [1.54, 1.807) is 0 Å². The zero-order valence-corrected chi connectivity index (χ0v) is 11.4. The first-order chi connectivity index (χ1) is 8.11. The van der Waals surface area contributed by atoms with E-state index in [-0.39, 0.29) is 5.91 Å². The molecule has 4 nitrogen and oxygen atoms in total. The van der Waals surface area contributed by atoms with E-state index in [1.807, 2.05) is 4.90 Å². The topological polar surface area (TPSA) is 58.4 Å². The minimum Gasteiger partial charge on any atom is -0.392 e. The molecule has 0 atom stereocenters. The fourth-order valence-corrected chi connectivity index (χ4v) is 2.48. The van der Waals surface area contributed by atoms with Crippen LogP contribution in [0.4, 0.5) is 0 Å². The van der Waals surface area contributed by atoms with Gasteiger partial charge in [0.05, 0.1) is 11.5 Å². The summed E-state index contributed by atoms with van der Waals surface area (Å²) >= 11 is 4.89. The lowest BCUT2D eigenvalue weighted by molar-refractivity contribution is -0.122. The van der Waals surface area contributed by atoms with E-state index in [2.05, 4.69) is 12.2 Å². The van der Waals surface area contributed by atoms with Crippen LogP contribution in [-0.4, -0.2) is 41.5 Å². The van der Waals surface area contributed by atoms with Crippen molar-refractivity contribution in [3.05, 3.63) is 0 Å². The van der Waals surface area contributed by atoms with Crippen molar-refractivity contribution in [1.82, 2.24) is 10.2 Å². The lowest BCUT2D eigenvalue weighted by Gasteiger charge is -2.21. The summed E-state index contributed by atoms with van der Waals surface area (Å²) in [6.07, 6.45) is 5.70. The zero-order chi connectivity index (χ0) is 12.7. The Bertz CT molecular complexity index is 264. The second-order valence-corrected chi connectivity index (χ2v) is 5.25. The molecular weight excluding hydrogens is 234 g/mol. The van der Waals surface area contributed by atoms with Crippen LogP contribution in [0.3, 0.4) is 0 Å². The van der Waals surface area contributed by atoms with Crippen molar-refractivity contribution >= 4 is 23.1 Å². The minimum atomic E-state index is 0.0987. The van der Waals surface area contributed by atoms with Crippen LogP contribution in [0.25, 0.3) is 0 Å². The molecule has 0 spiro atoms. The molecule has 0 aromatic carbocycles. The number of rotatable bonds is 7. The maximum absolute atomic E-state index is 11.8. The summed E-state index contributed by atoms with van der Waals surface area (Å²) in [7, 11) is 0. The van der Waals surface area contributed by atoms with Crippen molar-refractivity contribution in [2.75, 3.05) is 19.6 Å². The van der Waals surface area contributed by atoms with Gasteiger partial charge in [0.2, 0.25) is 5.91 Å². The number of carbonyl (C=O) groups is 1. The van der Waals surface area contributed by atoms with Crippen molar-refractivity contribution in [3.63, 3.8) is 0 Å². The van der Waals surface area contributed by atoms with Gasteiger partial charge in [-0.3, -0.25) is 9.69 Å². The van der Waals surface area contributed by atoms with Gasteiger partial charge in [-0.15, -0.1) is 0 Å². The van der Waals surface area contributed by atoms with E-state index in [9.17, 15) is 4.79 Å². The summed E-state index contributed by atoms with van der Waals surface area (Å²) in [4.78, 5) is 14.3. The Morgan fingerprint density at radius 1 is 1.41 bits per heavy atom. The van der Waals surface area contributed by atoms with Crippen LogP contribution in [-0.2, 0) is 4.79 Å². The Hall–Kier alpha value is -0.680. The summed E-state index contributed by atoms with van der Waals surface area (Å²) in [6, 6.07) is 0.385. The fourth-order valence-electron chi connectivity index (χ4n) is 2.30. The predicted molar refractivity (Wildman–Crippen MR) is 73.9 cm³/mol. The van der Waals surface area contributed by atoms with Crippen molar-refractivity contribution in [2.45, 2.75) is 45.1 Å². The van der Waals surface area contributed by atoms with E-state index in [1.165, 1.54) is 12.8 Å². The van der Waals surface area contributed by atoms with Gasteiger partial charge in [-0.1, -0.05) is 32.0 Å². The van der Waals surface area contributed by atoms with E-state index in [0.717, 1.165) is 25.8 Å². The summed E-state index contributed by atoms with van der Waals surface area (Å²) in [5.74, 6) is 0.0987. The number of amides is 1. The predicted octanol–water partition coefficient (Wildman–Crippen LogP) is 1.04. The Morgan fingerprint density at radius 2 is 2.06 bits per heavy atom. The third-order valence-electron chi connectivity index (χ3n) is 3.01. The Morgan fingerprint density at radius 3 is 2.59 bits per heavy atom. The Labute approximate surface area is 109 Å². The van der Waals surface area contributed by atoms with Gasteiger partial charge >= 0.3 is 0 Å². The number of thiocarbonyl (C=S) groups is 1. The Balaban J connectivity index is 2.31. The van der Waals surface area contributed by atoms with Crippen molar-refractivity contribution in [1.29, 1.82) is 0 Å². The summed E-state index contributed by atoms with van der Waals surface area (Å²) in [5.41, 5.74) is 5.52. The molecule has 1 rings (SSSR count). The SMILES string of the molecule is CCCN(CC(=O)NC1CCCC1)CC(N)=S. The second-order valence-electron chi connectivity index (χ2n) is 4.73. The van der Waals surface area contributed by atoms with Crippen LogP contribution in [0.1, 0.15) is 39.0 Å². The lowest BCUT2D eigenvalue weighted by atomic mass is 10.2. The molecule has 0 aliphatic heterocycles. The maximum atomic E-state index is 11.8. The van der Waals surface area contributed by atoms with Crippen LogP contribution < -0.4 is 11.1 Å². The fraction of sp³-hybridized carbons (Fsp3) is 0.833. The van der Waals surface area contributed by atoms with E-state index in [0.29, 0.717) is 24.1 Å². The standard InChI is InChI=1S/C12H23N3OS/c1-2-7-15(8-11(13)17)9-12(16)14-10-5-3-4-6-10/h10H,2-9H2,1H3,(H2,13,17)(H,14,16). The van der Waals surface area contributed by atoms with Crippen LogP contribution in [0.5, 0.6) is 0 Å². The zero-order valence-electron chi connectivity index (χ0n) is 10.6. The molecule has 1 amide bonds. The molecule has 0 unspecified atom stereocenters. The van der Waals surface area contributed by atoms with E-state index in [4.69, 9.17) is 18.0 Å². The average Bonchev–Trinajstić information content (AvgIpc) is 2.69. The third-order valence-corrected chi connectivity index (χ3v) is 3.14. The molecule has 3 N–H and O–H groups in total. The van der Waals surface area contributed by atoms with Crippen LogP contribution >= 0.6 is 12.2 Å². The molecule has 1 saturated carbocycles. The van der Waals surface area contributed by atoms with Gasteiger partial charge in [0.15, 0.2) is 0 Å². The van der Waals surface area contributed by atoms with Gasteiger partial charge < -0.3 is 11.1 Å². The highest BCUT2D eigenvalue weighted by molar-refractivity contribution is 7.80. The number of hydrogen-bond acceptors (Lipinski definition) is 3. The van der Waals surface area contributed by atoms with Gasteiger partial charge in [-0.25, -0.2) is 0 Å². The third kappa shape index (κ3) is 5.98. The molecule has 1 aliphatic carbocycles. The molecule has 17 heavy (non-hydrogen) atoms. The van der Waals surface area contributed by atoms with E-state index < -0.39 is 0 Å². The summed E-state index contributed by atoms with van der Waals surface area (Å²) in [5, 5.41) is 3.08. The quantitative estimate of drug-likeness (QED) is 0.669. The largest absolute Gasteiger partial charge is 0.392 e. The molecule has 0 bridgehead atoms. The monoisotopic (exact) mass is 257 g/mol. The highest BCUT2D eigenvalue weighted by Crippen LogP contribution is 2.17. The van der Waals surface area contributed by atoms with Crippen LogP contribution in [0.15, 0.2) is 0 Å². The maximum Gasteiger partial charge on any atom is 0.234 e. The molecule has 0 saturated heterocycles. The molecule has 0 heterocycles. The number of nitrogens with two attached hydrogens (primary N) is 1. The molecule has 1 fully saturated rings. The smallest absolute Gasteiger partial charge is 0.234 e. The highest BCUT2D eigenvalue weighted by atomic mass is 32.1. The van der Waals surface area contributed by atoms with Crippen molar-refractivity contribution in [2.24, 2.45) is 5.73 Å². The molecule has 98 valence electrons. The number of hydrogen-bond donors (Lipinski definition) is 2. The number of carbonyl (C=O) groups excluding carboxylic acids is 1. The van der Waals surface area contributed by atoms with Gasteiger partial charge in [-0.2, -0.15) is 0 Å². The number of nitrogens with zero attached hydrogens (tertiary/aromatic N) is 1. The minimum absolute atomic E-state index is 0.0987. The molecular formula is C12H23N3OS. The summed E-state index contributed by atoms with van der Waals surface area (Å²) < 4.78 is 0. The average molecular weight is 257 g/mol. The first-order valence-electron chi connectivity index (χ1n) is 6.41. The molecule has 0 aromatic heterocycles. The highest BCUT2D eigenvalue weighted by Gasteiger charge is 2.18. The first-order valence-corrected chi connectivity index (χ1v) is 6.82. The normalized spacial score (nSPS) is 16.4. The molecule has 0 radical (unpaired) electrons. The van der Waals surface area contributed by atoms with Gasteiger partial charge in [-0.05, 0) is 25.8 Å². The molecule has 0 aromatic rings. The van der Waals surface area contributed by atoms with Gasteiger partial charge in [0.1, 0.15) is 0 Å². The van der Waals surface area contributed by atoms with Crippen LogP contribution in [0, 0.1) is 0 Å². The van der Waals surface area contributed by atoms with Gasteiger partial charge in [0.25, 0.3) is 0 Å². The molecule has 1 aliphatic rings. The second kappa shape index (κ2) is 7.61.